The van der Waals surface area contributed by atoms with Crippen LogP contribution in [-0.2, 0) is 24.3 Å². The third-order valence-electron chi connectivity index (χ3n) is 4.72. The fourth-order valence-electron chi connectivity index (χ4n) is 3.19. The maximum Gasteiger partial charge on any atom is 0.223 e. The monoisotopic (exact) mass is 376 g/mol. The van der Waals surface area contributed by atoms with Gasteiger partial charge in [-0.05, 0) is 41.8 Å². The van der Waals surface area contributed by atoms with Gasteiger partial charge in [0.2, 0.25) is 5.91 Å². The van der Waals surface area contributed by atoms with E-state index in [2.05, 4.69) is 11.1 Å². The largest absolute Gasteiger partial charge is 0.345 e. The van der Waals surface area contributed by atoms with E-state index in [-0.39, 0.29) is 11.7 Å². The van der Waals surface area contributed by atoms with Gasteiger partial charge < -0.3 is 9.47 Å². The van der Waals surface area contributed by atoms with Crippen LogP contribution in [0.25, 0.3) is 0 Å². The van der Waals surface area contributed by atoms with Gasteiger partial charge in [-0.3, -0.25) is 4.79 Å². The topological polar surface area (TPSA) is 25.2 Å². The van der Waals surface area contributed by atoms with Gasteiger partial charge in [0, 0.05) is 31.4 Å². The lowest BCUT2D eigenvalue weighted by atomic mass is 10.1. The molecule has 0 spiro atoms. The van der Waals surface area contributed by atoms with E-state index in [1.54, 1.807) is 18.2 Å². The minimum Gasteiger partial charge on any atom is -0.345 e. The Bertz CT molecular complexity index is 900. The third kappa shape index (κ3) is 5.43. The van der Waals surface area contributed by atoms with E-state index in [9.17, 15) is 9.18 Å². The first-order valence-electron chi connectivity index (χ1n) is 9.47. The Labute approximate surface area is 165 Å². The van der Waals surface area contributed by atoms with E-state index in [0.717, 1.165) is 23.2 Å². The average Bonchev–Trinajstić information content (AvgIpc) is 3.15. The van der Waals surface area contributed by atoms with Gasteiger partial charge in [0.25, 0.3) is 0 Å². The highest BCUT2D eigenvalue weighted by atomic mass is 19.1. The number of carbonyl (C=O) groups is 1. The van der Waals surface area contributed by atoms with Crippen LogP contribution >= 0.6 is 0 Å². The van der Waals surface area contributed by atoms with Crippen molar-refractivity contribution in [3.8, 4) is 0 Å². The van der Waals surface area contributed by atoms with Crippen molar-refractivity contribution in [2.24, 2.45) is 0 Å². The predicted molar refractivity (Wildman–Crippen MR) is 110 cm³/mol. The predicted octanol–water partition coefficient (Wildman–Crippen LogP) is 4.82. The maximum atomic E-state index is 13.1. The highest BCUT2D eigenvalue weighted by molar-refractivity contribution is 5.76. The molecule has 4 heteroatoms. The molecule has 0 N–H and O–H groups in total. The molecule has 1 amide bonds. The number of nitrogens with zero attached hydrogens (tertiary/aromatic N) is 2. The quantitative estimate of drug-likeness (QED) is 0.492. The normalized spacial score (nSPS) is 10.6. The molecule has 0 aliphatic heterocycles. The Hall–Kier alpha value is -3.14. The van der Waals surface area contributed by atoms with E-state index >= 15 is 0 Å². The SMILES string of the molecule is C=CCN(Cc1cccn1Cc1ccc(F)cc1)C(=O)CCc1ccccc1. The molecule has 3 rings (SSSR count). The second kappa shape index (κ2) is 9.70. The van der Waals surface area contributed by atoms with Gasteiger partial charge in [-0.2, -0.15) is 0 Å². The molecule has 3 aromatic rings. The molecule has 0 aliphatic rings. The van der Waals surface area contributed by atoms with Crippen molar-refractivity contribution >= 4 is 5.91 Å². The lowest BCUT2D eigenvalue weighted by molar-refractivity contribution is -0.131. The van der Waals surface area contributed by atoms with Crippen molar-refractivity contribution in [3.63, 3.8) is 0 Å². The number of rotatable bonds is 9. The summed E-state index contributed by atoms with van der Waals surface area (Å²) in [5.41, 5.74) is 3.22. The van der Waals surface area contributed by atoms with Crippen LogP contribution in [0, 0.1) is 5.82 Å². The fourth-order valence-corrected chi connectivity index (χ4v) is 3.19. The summed E-state index contributed by atoms with van der Waals surface area (Å²) >= 11 is 0. The first kappa shape index (κ1) is 19.6. The summed E-state index contributed by atoms with van der Waals surface area (Å²) in [7, 11) is 0. The summed E-state index contributed by atoms with van der Waals surface area (Å²) < 4.78 is 15.2. The molecule has 1 heterocycles. The van der Waals surface area contributed by atoms with Gasteiger partial charge in [0.05, 0.1) is 6.54 Å². The smallest absolute Gasteiger partial charge is 0.223 e. The van der Waals surface area contributed by atoms with Gasteiger partial charge in [-0.15, -0.1) is 6.58 Å². The number of halogens is 1. The minimum absolute atomic E-state index is 0.110. The molecule has 0 unspecified atom stereocenters. The van der Waals surface area contributed by atoms with Gasteiger partial charge >= 0.3 is 0 Å². The van der Waals surface area contributed by atoms with Crippen LogP contribution in [0.3, 0.4) is 0 Å². The van der Waals surface area contributed by atoms with Crippen LogP contribution < -0.4 is 0 Å². The van der Waals surface area contributed by atoms with Crippen LogP contribution in [0.2, 0.25) is 0 Å². The summed E-state index contributed by atoms with van der Waals surface area (Å²) in [6.45, 7) is 5.47. The lowest BCUT2D eigenvalue weighted by Gasteiger charge is -2.22. The molecule has 0 saturated carbocycles. The highest BCUT2D eigenvalue weighted by Gasteiger charge is 2.15. The van der Waals surface area contributed by atoms with Crippen molar-refractivity contribution < 1.29 is 9.18 Å². The average molecular weight is 376 g/mol. The van der Waals surface area contributed by atoms with Gasteiger partial charge in [-0.1, -0.05) is 48.5 Å². The number of aromatic nitrogens is 1. The van der Waals surface area contributed by atoms with E-state index in [1.165, 1.54) is 12.1 Å². The summed E-state index contributed by atoms with van der Waals surface area (Å²) in [4.78, 5) is 14.6. The molecule has 0 aliphatic carbocycles. The molecule has 0 radical (unpaired) electrons. The first-order valence-corrected chi connectivity index (χ1v) is 9.47. The molecule has 2 aromatic carbocycles. The number of hydrogen-bond donors (Lipinski definition) is 0. The van der Waals surface area contributed by atoms with Crippen LogP contribution in [-0.4, -0.2) is 21.9 Å². The molecular formula is C24H25FN2O. The fraction of sp³-hybridized carbons (Fsp3) is 0.208. The summed E-state index contributed by atoms with van der Waals surface area (Å²) in [6, 6.07) is 20.5. The van der Waals surface area contributed by atoms with Crippen molar-refractivity contribution in [2.45, 2.75) is 25.9 Å². The molecule has 0 atom stereocenters. The van der Waals surface area contributed by atoms with E-state index < -0.39 is 0 Å². The van der Waals surface area contributed by atoms with Crippen molar-refractivity contribution in [3.05, 3.63) is 108 Å². The second-order valence-corrected chi connectivity index (χ2v) is 6.80. The zero-order valence-corrected chi connectivity index (χ0v) is 15.9. The van der Waals surface area contributed by atoms with Gasteiger partial charge in [0.15, 0.2) is 0 Å². The first-order chi connectivity index (χ1) is 13.7. The summed E-state index contributed by atoms with van der Waals surface area (Å²) in [6.07, 6.45) is 4.94. The number of aryl methyl sites for hydroxylation is 1. The molecule has 0 saturated heterocycles. The molecule has 0 fully saturated rings. The number of benzene rings is 2. The number of amides is 1. The Kier molecular flexibility index (Phi) is 6.79. The Morgan fingerprint density at radius 2 is 1.75 bits per heavy atom. The molecule has 0 bridgehead atoms. The van der Waals surface area contributed by atoms with Crippen molar-refractivity contribution in [2.75, 3.05) is 6.54 Å². The van der Waals surface area contributed by atoms with Crippen molar-refractivity contribution in [1.29, 1.82) is 0 Å². The molecule has 1 aromatic heterocycles. The summed E-state index contributed by atoms with van der Waals surface area (Å²) in [5, 5.41) is 0. The van der Waals surface area contributed by atoms with Gasteiger partial charge in [0.1, 0.15) is 5.82 Å². The number of carbonyl (C=O) groups excluding carboxylic acids is 1. The molecular weight excluding hydrogens is 351 g/mol. The number of hydrogen-bond acceptors (Lipinski definition) is 1. The van der Waals surface area contributed by atoms with E-state index in [0.29, 0.717) is 26.1 Å². The highest BCUT2D eigenvalue weighted by Crippen LogP contribution is 2.13. The van der Waals surface area contributed by atoms with Crippen molar-refractivity contribution in [1.82, 2.24) is 9.47 Å². The van der Waals surface area contributed by atoms with Crippen LogP contribution in [0.1, 0.15) is 23.2 Å². The Balaban J connectivity index is 1.65. The van der Waals surface area contributed by atoms with E-state index in [1.807, 2.05) is 53.6 Å². The summed E-state index contributed by atoms with van der Waals surface area (Å²) in [5.74, 6) is -0.129. The van der Waals surface area contributed by atoms with E-state index in [4.69, 9.17) is 0 Å². The molecule has 3 nitrogen and oxygen atoms in total. The Morgan fingerprint density at radius 1 is 1.00 bits per heavy atom. The van der Waals surface area contributed by atoms with Gasteiger partial charge in [-0.25, -0.2) is 4.39 Å². The maximum absolute atomic E-state index is 13.1. The third-order valence-corrected chi connectivity index (χ3v) is 4.72. The standard InChI is InChI=1S/C24H25FN2O/c1-2-16-27(24(28)15-12-20-7-4-3-5-8-20)19-23-9-6-17-26(23)18-21-10-13-22(25)14-11-21/h2-11,13-14,17H,1,12,15-16,18-19H2. The second-order valence-electron chi connectivity index (χ2n) is 6.80. The molecule has 28 heavy (non-hydrogen) atoms. The van der Waals surface area contributed by atoms with Crippen LogP contribution in [0.4, 0.5) is 4.39 Å². The molecule has 144 valence electrons. The zero-order valence-electron chi connectivity index (χ0n) is 15.9. The zero-order chi connectivity index (χ0) is 19.8. The van der Waals surface area contributed by atoms with Crippen LogP contribution in [0.5, 0.6) is 0 Å². The van der Waals surface area contributed by atoms with Crippen LogP contribution in [0.15, 0.2) is 85.6 Å². The lowest BCUT2D eigenvalue weighted by Crippen LogP contribution is -2.31. The Morgan fingerprint density at radius 3 is 2.46 bits per heavy atom. The minimum atomic E-state index is -0.238.